The average Bonchev–Trinajstić information content (AvgIpc) is 2.70. The third-order valence-electron chi connectivity index (χ3n) is 3.17. The summed E-state index contributed by atoms with van der Waals surface area (Å²) in [5.41, 5.74) is -0.717. The van der Waals surface area contributed by atoms with E-state index in [-0.39, 0.29) is 5.92 Å². The molecule has 0 aliphatic heterocycles. The van der Waals surface area contributed by atoms with Crippen molar-refractivity contribution in [2.45, 2.75) is 25.9 Å². The highest BCUT2D eigenvalue weighted by Crippen LogP contribution is 2.39. The summed E-state index contributed by atoms with van der Waals surface area (Å²) in [5, 5.41) is 11.9. The highest BCUT2D eigenvalue weighted by Gasteiger charge is 2.32. The Morgan fingerprint density at radius 2 is 1.95 bits per heavy atom. The van der Waals surface area contributed by atoms with E-state index in [0.717, 1.165) is 12.1 Å². The van der Waals surface area contributed by atoms with Crippen molar-refractivity contribution in [2.24, 2.45) is 5.92 Å². The summed E-state index contributed by atoms with van der Waals surface area (Å²) in [5.74, 6) is -1.78. The molecule has 20 heavy (non-hydrogen) atoms. The zero-order chi connectivity index (χ0) is 15.1. The summed E-state index contributed by atoms with van der Waals surface area (Å²) in [6.45, 7) is 3.57. The molecule has 6 heteroatoms. The number of carboxylic acid groups (broad SMARTS) is 1. The Kier molecular flexibility index (Phi) is 3.77. The molecule has 0 saturated heterocycles. The lowest BCUT2D eigenvalue weighted by atomic mass is 9.92. The molecule has 0 fully saturated rings. The Morgan fingerprint density at radius 3 is 2.45 bits per heavy atom. The van der Waals surface area contributed by atoms with Gasteiger partial charge in [0.25, 0.3) is 0 Å². The first kappa shape index (κ1) is 14.8. The Labute approximate surface area is 117 Å². The van der Waals surface area contributed by atoms with Crippen LogP contribution >= 0.6 is 11.3 Å². The molecule has 1 aromatic carbocycles. The Hall–Kier alpha value is -1.56. The van der Waals surface area contributed by atoms with Crippen molar-refractivity contribution >= 4 is 28.1 Å². The summed E-state index contributed by atoms with van der Waals surface area (Å²) in [7, 11) is 0. The van der Waals surface area contributed by atoms with Crippen LogP contribution in [0.2, 0.25) is 0 Å². The smallest absolute Gasteiger partial charge is 0.416 e. The molecule has 1 N–H and O–H groups in total. The van der Waals surface area contributed by atoms with Crippen LogP contribution in [-0.4, -0.2) is 11.1 Å². The second-order valence-corrected chi connectivity index (χ2v) is 5.87. The molecule has 0 radical (unpaired) electrons. The maximum Gasteiger partial charge on any atom is 0.416 e. The molecule has 2 rings (SSSR count). The Bertz CT molecular complexity index is 643. The maximum atomic E-state index is 12.6. The average molecular weight is 302 g/mol. The van der Waals surface area contributed by atoms with Crippen molar-refractivity contribution in [3.63, 3.8) is 0 Å². The molecular weight excluding hydrogens is 289 g/mol. The van der Waals surface area contributed by atoms with E-state index in [4.69, 9.17) is 0 Å². The summed E-state index contributed by atoms with van der Waals surface area (Å²) < 4.78 is 37.9. The van der Waals surface area contributed by atoms with Gasteiger partial charge in [0.1, 0.15) is 0 Å². The van der Waals surface area contributed by atoms with Gasteiger partial charge in [0.05, 0.1) is 11.5 Å². The first-order valence-electron chi connectivity index (χ1n) is 6.03. The lowest BCUT2D eigenvalue weighted by Crippen LogP contribution is -2.16. The number of carbonyl (C=O) groups is 1. The van der Waals surface area contributed by atoms with Gasteiger partial charge in [0.2, 0.25) is 0 Å². The predicted octanol–water partition coefficient (Wildman–Crippen LogP) is 4.74. The standard InChI is InChI=1S/C14H13F3O2S/c1-7(2)11(13(18)19)12-10-4-3-9(14(15,16)17)5-8(10)6-20-12/h3-7,11H,1-2H3,(H,18,19). The predicted molar refractivity (Wildman–Crippen MR) is 72.0 cm³/mol. The number of alkyl halides is 3. The van der Waals surface area contributed by atoms with Gasteiger partial charge in [-0.1, -0.05) is 19.9 Å². The van der Waals surface area contributed by atoms with E-state index >= 15 is 0 Å². The molecule has 0 amide bonds. The van der Waals surface area contributed by atoms with E-state index in [1.165, 1.54) is 17.4 Å². The minimum absolute atomic E-state index is 0.128. The fourth-order valence-corrected chi connectivity index (χ4v) is 3.47. The van der Waals surface area contributed by atoms with E-state index in [1.807, 2.05) is 0 Å². The van der Waals surface area contributed by atoms with Crippen LogP contribution in [0.4, 0.5) is 13.2 Å². The van der Waals surface area contributed by atoms with E-state index < -0.39 is 23.6 Å². The number of aliphatic carboxylic acids is 1. The highest BCUT2D eigenvalue weighted by atomic mass is 32.1. The van der Waals surface area contributed by atoms with Crippen LogP contribution < -0.4 is 0 Å². The molecule has 0 aliphatic rings. The highest BCUT2D eigenvalue weighted by molar-refractivity contribution is 7.11. The largest absolute Gasteiger partial charge is 0.481 e. The quantitative estimate of drug-likeness (QED) is 0.888. The van der Waals surface area contributed by atoms with Gasteiger partial charge in [-0.05, 0) is 34.2 Å². The van der Waals surface area contributed by atoms with Gasteiger partial charge in [0, 0.05) is 4.88 Å². The molecule has 1 heterocycles. The number of rotatable bonds is 3. The van der Waals surface area contributed by atoms with Gasteiger partial charge in [-0.2, -0.15) is 13.2 Å². The molecule has 0 aliphatic carbocycles. The van der Waals surface area contributed by atoms with Crippen LogP contribution in [0.5, 0.6) is 0 Å². The minimum atomic E-state index is -4.39. The van der Waals surface area contributed by atoms with Crippen molar-refractivity contribution in [3.05, 3.63) is 34.0 Å². The van der Waals surface area contributed by atoms with Crippen LogP contribution in [-0.2, 0) is 11.0 Å². The first-order chi connectivity index (χ1) is 9.21. The van der Waals surface area contributed by atoms with Crippen molar-refractivity contribution in [3.8, 4) is 0 Å². The molecule has 0 saturated carbocycles. The molecule has 108 valence electrons. The number of fused-ring (bicyclic) bond motifs is 1. The zero-order valence-corrected chi connectivity index (χ0v) is 11.7. The summed E-state index contributed by atoms with van der Waals surface area (Å²) in [6, 6.07) is 3.43. The maximum absolute atomic E-state index is 12.6. The number of halogens is 3. The van der Waals surface area contributed by atoms with Crippen molar-refractivity contribution in [2.75, 3.05) is 0 Å². The topological polar surface area (TPSA) is 37.3 Å². The summed E-state index contributed by atoms with van der Waals surface area (Å²) in [6.07, 6.45) is -4.39. The third-order valence-corrected chi connectivity index (χ3v) is 4.27. The minimum Gasteiger partial charge on any atom is -0.481 e. The molecule has 1 atom stereocenters. The van der Waals surface area contributed by atoms with Gasteiger partial charge >= 0.3 is 12.1 Å². The molecule has 2 aromatic rings. The van der Waals surface area contributed by atoms with Crippen molar-refractivity contribution in [1.82, 2.24) is 0 Å². The molecule has 2 nitrogen and oxygen atoms in total. The normalized spacial score (nSPS) is 13.9. The monoisotopic (exact) mass is 302 g/mol. The molecule has 1 aromatic heterocycles. The summed E-state index contributed by atoms with van der Waals surface area (Å²) in [4.78, 5) is 11.9. The van der Waals surface area contributed by atoms with Crippen LogP contribution in [0.25, 0.3) is 10.8 Å². The van der Waals surface area contributed by atoms with Gasteiger partial charge in [-0.15, -0.1) is 11.3 Å². The summed E-state index contributed by atoms with van der Waals surface area (Å²) >= 11 is 1.20. The van der Waals surface area contributed by atoms with E-state index in [2.05, 4.69) is 0 Å². The molecule has 1 unspecified atom stereocenters. The number of hydrogen-bond donors (Lipinski definition) is 1. The van der Waals surface area contributed by atoms with Crippen LogP contribution in [0.3, 0.4) is 0 Å². The first-order valence-corrected chi connectivity index (χ1v) is 6.91. The van der Waals surface area contributed by atoms with Crippen LogP contribution in [0.1, 0.15) is 30.2 Å². The van der Waals surface area contributed by atoms with Gasteiger partial charge in [-0.3, -0.25) is 4.79 Å². The van der Waals surface area contributed by atoms with Crippen molar-refractivity contribution in [1.29, 1.82) is 0 Å². The lowest BCUT2D eigenvalue weighted by molar-refractivity contribution is -0.140. The van der Waals surface area contributed by atoms with E-state index in [9.17, 15) is 23.1 Å². The molecular formula is C14H13F3O2S. The SMILES string of the molecule is CC(C)C(C(=O)O)c1scc2cc(C(F)(F)F)ccc12. The van der Waals surface area contributed by atoms with Gasteiger partial charge in [-0.25, -0.2) is 0 Å². The number of benzene rings is 1. The van der Waals surface area contributed by atoms with Crippen molar-refractivity contribution < 1.29 is 23.1 Å². The Morgan fingerprint density at radius 1 is 1.30 bits per heavy atom. The molecule has 0 spiro atoms. The van der Waals surface area contributed by atoms with E-state index in [0.29, 0.717) is 15.6 Å². The third kappa shape index (κ3) is 2.65. The number of thiophene rings is 1. The number of carboxylic acids is 1. The lowest BCUT2D eigenvalue weighted by Gasteiger charge is -2.15. The van der Waals surface area contributed by atoms with Crippen LogP contribution in [0.15, 0.2) is 23.6 Å². The van der Waals surface area contributed by atoms with E-state index in [1.54, 1.807) is 19.2 Å². The fraction of sp³-hybridized carbons (Fsp3) is 0.357. The number of hydrogen-bond acceptors (Lipinski definition) is 2. The molecule has 0 bridgehead atoms. The fourth-order valence-electron chi connectivity index (χ4n) is 2.19. The Balaban J connectivity index is 2.56. The second kappa shape index (κ2) is 5.09. The van der Waals surface area contributed by atoms with Gasteiger partial charge in [0.15, 0.2) is 0 Å². The zero-order valence-electron chi connectivity index (χ0n) is 10.9. The second-order valence-electron chi connectivity index (χ2n) is 4.96. The van der Waals surface area contributed by atoms with Gasteiger partial charge < -0.3 is 5.11 Å². The van der Waals surface area contributed by atoms with Crippen LogP contribution in [0, 0.1) is 5.92 Å².